The van der Waals surface area contributed by atoms with Gasteiger partial charge in [0.25, 0.3) is 0 Å². The van der Waals surface area contributed by atoms with E-state index >= 15 is 0 Å². The van der Waals surface area contributed by atoms with Crippen LogP contribution in [0.3, 0.4) is 0 Å². The molecule has 0 amide bonds. The number of fused-ring (bicyclic) bond motifs is 7. The molecule has 0 radical (unpaired) electrons. The fourth-order valence-electron chi connectivity index (χ4n) is 9.79. The molecule has 3 aromatic heterocycles. The number of aromatic nitrogens is 4. The SMILES string of the molecule is c1ccc(-c2ccc(-c3nc(-c4ccc(-c5ccccc5)cc4)nc(-c4cc(-c5ccccc5)c(-n5c6ccccc6c6ccc7c8ccccc8sc7c65)c(-c5ccccc5)c4)n3)cc2)cc1. The molecular weight excluding hydrogens is 845 g/mol. The summed E-state index contributed by atoms with van der Waals surface area (Å²) in [6.07, 6.45) is 0. The number of hydrogen-bond donors (Lipinski definition) is 0. The normalized spacial score (nSPS) is 11.5. The molecule has 0 saturated heterocycles. The average Bonchev–Trinajstić information content (AvgIpc) is 3.97. The van der Waals surface area contributed by atoms with Crippen molar-refractivity contribution in [2.45, 2.75) is 0 Å². The fraction of sp³-hybridized carbons (Fsp3) is 0. The van der Waals surface area contributed by atoms with Gasteiger partial charge in [0.05, 0.1) is 21.4 Å². The third-order valence-electron chi connectivity index (χ3n) is 13.1. The highest BCUT2D eigenvalue weighted by atomic mass is 32.1. The first kappa shape index (κ1) is 39.6. The molecule has 0 bridgehead atoms. The van der Waals surface area contributed by atoms with Crippen LogP contribution in [0, 0.1) is 0 Å². The van der Waals surface area contributed by atoms with Crippen LogP contribution in [0.25, 0.3) is 126 Å². The monoisotopic (exact) mass is 884 g/mol. The zero-order valence-electron chi connectivity index (χ0n) is 36.8. The summed E-state index contributed by atoms with van der Waals surface area (Å²) in [4.78, 5) is 15.9. The molecule has 13 aromatic rings. The summed E-state index contributed by atoms with van der Waals surface area (Å²) in [6.45, 7) is 0. The summed E-state index contributed by atoms with van der Waals surface area (Å²) in [5.41, 5.74) is 15.1. The molecule has 3 heterocycles. The van der Waals surface area contributed by atoms with Gasteiger partial charge in [-0.05, 0) is 57.6 Å². The van der Waals surface area contributed by atoms with Gasteiger partial charge < -0.3 is 4.57 Å². The number of hydrogen-bond acceptors (Lipinski definition) is 4. The predicted molar refractivity (Wildman–Crippen MR) is 285 cm³/mol. The minimum atomic E-state index is 0.597. The van der Waals surface area contributed by atoms with Crippen molar-refractivity contribution in [1.29, 1.82) is 0 Å². The standard InChI is InChI=1S/C63H40N4S/c1-5-17-41(18-6-1)43-29-33-47(34-30-43)61-64-62(48-35-31-44(32-36-48)42-19-7-2-8-20-42)66-63(65-61)49-39-54(45-21-9-3-10-22-45)58(55(40-49)46-23-11-4-12-24-46)67-56-27-15-13-25-50(56)52-37-38-53-51-26-14-16-28-57(51)68-60(53)59(52)67/h1-40H. The molecule has 0 aliphatic carbocycles. The summed E-state index contributed by atoms with van der Waals surface area (Å²) < 4.78 is 5.08. The molecule has 0 aliphatic rings. The third kappa shape index (κ3) is 6.88. The van der Waals surface area contributed by atoms with Crippen molar-refractivity contribution >= 4 is 53.3 Å². The second kappa shape index (κ2) is 16.6. The van der Waals surface area contributed by atoms with Crippen LogP contribution in [0.5, 0.6) is 0 Å². The Morgan fingerprint density at radius 1 is 0.294 bits per heavy atom. The molecule has 0 unspecified atom stereocenters. The van der Waals surface area contributed by atoms with E-state index < -0.39 is 0 Å². The van der Waals surface area contributed by atoms with E-state index in [1.165, 1.54) is 36.5 Å². The zero-order valence-corrected chi connectivity index (χ0v) is 37.6. The lowest BCUT2D eigenvalue weighted by Gasteiger charge is -2.21. The highest BCUT2D eigenvalue weighted by Gasteiger charge is 2.25. The first-order chi connectivity index (χ1) is 33.7. The van der Waals surface area contributed by atoms with Crippen LogP contribution in [0.4, 0.5) is 0 Å². The van der Waals surface area contributed by atoms with Gasteiger partial charge in [-0.25, -0.2) is 15.0 Å². The molecule has 0 atom stereocenters. The Morgan fingerprint density at radius 3 is 1.22 bits per heavy atom. The van der Waals surface area contributed by atoms with E-state index in [4.69, 9.17) is 15.0 Å². The lowest BCUT2D eigenvalue weighted by Crippen LogP contribution is -2.04. The van der Waals surface area contributed by atoms with Crippen LogP contribution >= 0.6 is 11.3 Å². The van der Waals surface area contributed by atoms with Crippen LogP contribution in [0.2, 0.25) is 0 Å². The number of thiophene rings is 1. The first-order valence-corrected chi connectivity index (χ1v) is 23.7. The molecule has 4 nitrogen and oxygen atoms in total. The summed E-state index contributed by atoms with van der Waals surface area (Å²) in [7, 11) is 0. The van der Waals surface area contributed by atoms with Crippen molar-refractivity contribution in [3.05, 3.63) is 243 Å². The Bertz CT molecular complexity index is 3810. The van der Waals surface area contributed by atoms with Gasteiger partial charge in [0.1, 0.15) is 0 Å². The van der Waals surface area contributed by atoms with Gasteiger partial charge in [-0.3, -0.25) is 0 Å². The maximum atomic E-state index is 5.37. The van der Waals surface area contributed by atoms with Crippen molar-refractivity contribution in [2.24, 2.45) is 0 Å². The molecule has 318 valence electrons. The third-order valence-corrected chi connectivity index (χ3v) is 14.3. The molecular formula is C63H40N4S. The average molecular weight is 885 g/mol. The van der Waals surface area contributed by atoms with Crippen LogP contribution in [0.1, 0.15) is 0 Å². The van der Waals surface area contributed by atoms with E-state index in [2.05, 4.69) is 235 Å². The molecule has 0 fully saturated rings. The topological polar surface area (TPSA) is 43.6 Å². The van der Waals surface area contributed by atoms with E-state index in [0.717, 1.165) is 72.4 Å². The van der Waals surface area contributed by atoms with Crippen LogP contribution in [0.15, 0.2) is 243 Å². The van der Waals surface area contributed by atoms with Gasteiger partial charge in [0.15, 0.2) is 17.5 Å². The van der Waals surface area contributed by atoms with E-state index in [1.807, 2.05) is 23.5 Å². The van der Waals surface area contributed by atoms with Crippen molar-refractivity contribution in [3.8, 4) is 84.4 Å². The maximum Gasteiger partial charge on any atom is 0.164 e. The molecule has 0 N–H and O–H groups in total. The molecule has 13 rings (SSSR count). The maximum absolute atomic E-state index is 5.37. The Hall–Kier alpha value is -8.77. The zero-order chi connectivity index (χ0) is 45.0. The summed E-state index contributed by atoms with van der Waals surface area (Å²) in [5.74, 6) is 1.81. The smallest absolute Gasteiger partial charge is 0.164 e. The van der Waals surface area contributed by atoms with Gasteiger partial charge in [-0.15, -0.1) is 11.3 Å². The second-order valence-corrected chi connectivity index (χ2v) is 18.2. The van der Waals surface area contributed by atoms with Crippen molar-refractivity contribution < 1.29 is 0 Å². The van der Waals surface area contributed by atoms with Gasteiger partial charge in [-0.1, -0.05) is 218 Å². The molecule has 10 aromatic carbocycles. The lowest BCUT2D eigenvalue weighted by molar-refractivity contribution is 1.07. The Labute approximate surface area is 397 Å². The van der Waals surface area contributed by atoms with Crippen LogP contribution < -0.4 is 0 Å². The van der Waals surface area contributed by atoms with Crippen molar-refractivity contribution in [2.75, 3.05) is 0 Å². The van der Waals surface area contributed by atoms with Gasteiger partial charge in [-0.2, -0.15) is 0 Å². The van der Waals surface area contributed by atoms with E-state index in [0.29, 0.717) is 17.5 Å². The number of rotatable bonds is 8. The summed E-state index contributed by atoms with van der Waals surface area (Å²) in [5, 5.41) is 4.98. The highest BCUT2D eigenvalue weighted by Crippen LogP contribution is 2.47. The summed E-state index contributed by atoms with van der Waals surface area (Å²) in [6, 6.07) is 86.4. The number of benzene rings is 10. The predicted octanol–water partition coefficient (Wildman–Crippen LogP) is 17.0. The Kier molecular flexibility index (Phi) is 9.66. The minimum Gasteiger partial charge on any atom is -0.307 e. The molecule has 0 aliphatic heterocycles. The summed E-state index contributed by atoms with van der Waals surface area (Å²) >= 11 is 1.87. The van der Waals surface area contributed by atoms with Gasteiger partial charge >= 0.3 is 0 Å². The highest BCUT2D eigenvalue weighted by molar-refractivity contribution is 7.26. The molecule has 5 heteroatoms. The Morgan fingerprint density at radius 2 is 0.691 bits per heavy atom. The van der Waals surface area contributed by atoms with Crippen molar-refractivity contribution in [3.63, 3.8) is 0 Å². The van der Waals surface area contributed by atoms with Crippen LogP contribution in [-0.2, 0) is 0 Å². The fourth-order valence-corrected chi connectivity index (χ4v) is 11.0. The van der Waals surface area contributed by atoms with E-state index in [-0.39, 0.29) is 0 Å². The largest absolute Gasteiger partial charge is 0.307 e. The van der Waals surface area contributed by atoms with E-state index in [1.54, 1.807) is 0 Å². The number of nitrogens with zero attached hydrogens (tertiary/aromatic N) is 4. The Balaban J connectivity index is 1.09. The van der Waals surface area contributed by atoms with Gasteiger partial charge in [0.2, 0.25) is 0 Å². The second-order valence-electron chi connectivity index (χ2n) is 17.1. The first-order valence-electron chi connectivity index (χ1n) is 22.9. The lowest BCUT2D eigenvalue weighted by atomic mass is 9.92. The van der Waals surface area contributed by atoms with Crippen molar-refractivity contribution in [1.82, 2.24) is 19.5 Å². The van der Waals surface area contributed by atoms with Gasteiger partial charge in [0, 0.05) is 54.1 Å². The molecule has 0 saturated carbocycles. The minimum absolute atomic E-state index is 0.597. The van der Waals surface area contributed by atoms with E-state index in [9.17, 15) is 0 Å². The quantitative estimate of drug-likeness (QED) is 0.153. The number of para-hydroxylation sites is 1. The van der Waals surface area contributed by atoms with Crippen LogP contribution in [-0.4, -0.2) is 19.5 Å². The molecule has 68 heavy (non-hydrogen) atoms. The molecule has 0 spiro atoms.